The molecule has 5 heteroatoms. The van der Waals surface area contributed by atoms with Crippen LogP contribution in [-0.2, 0) is 19.5 Å². The summed E-state index contributed by atoms with van der Waals surface area (Å²) in [7, 11) is 4.04. The molecule has 0 spiro atoms. The van der Waals surface area contributed by atoms with Gasteiger partial charge in [0.1, 0.15) is 11.5 Å². The lowest BCUT2D eigenvalue weighted by Crippen LogP contribution is -2.15. The van der Waals surface area contributed by atoms with Gasteiger partial charge in [0, 0.05) is 18.5 Å². The molecule has 0 bridgehead atoms. The maximum atomic E-state index is 5.63. The van der Waals surface area contributed by atoms with Crippen LogP contribution < -0.4 is 10.2 Å². The maximum absolute atomic E-state index is 5.63. The van der Waals surface area contributed by atoms with E-state index in [-0.39, 0.29) is 0 Å². The Labute approximate surface area is 124 Å². The number of anilines is 1. The van der Waals surface area contributed by atoms with Gasteiger partial charge in [-0.15, -0.1) is 11.3 Å². The second-order valence-electron chi connectivity index (χ2n) is 5.02. The van der Waals surface area contributed by atoms with Crippen LogP contribution in [0.25, 0.3) is 0 Å². The highest BCUT2D eigenvalue weighted by Crippen LogP contribution is 2.27. The average molecular weight is 293 g/mol. The number of nitrogens with one attached hydrogen (secondary N) is 1. The minimum absolute atomic E-state index is 0.756. The molecule has 4 nitrogen and oxygen atoms in total. The number of aryl methyl sites for hydroxylation is 2. The van der Waals surface area contributed by atoms with Crippen LogP contribution in [-0.4, -0.2) is 19.1 Å². The summed E-state index contributed by atoms with van der Waals surface area (Å²) in [4.78, 5) is 8.28. The number of hydrogen-bond donors (Lipinski definition) is 1. The Hall–Kier alpha value is -1.33. The molecule has 0 saturated carbocycles. The van der Waals surface area contributed by atoms with E-state index < -0.39 is 0 Å². The minimum atomic E-state index is 0.756. The molecule has 20 heavy (non-hydrogen) atoms. The molecule has 1 N–H and O–H groups in total. The van der Waals surface area contributed by atoms with Gasteiger partial charge in [0.15, 0.2) is 5.13 Å². The number of hydrogen-bond acceptors (Lipinski definition) is 5. The standard InChI is InChI=1S/C15H23N3OS/c1-5-6-13-14(9-16-3)20-15(17-13)18(4)10-12-8-7-11(2)19-12/h7-8,16H,5-6,9-10H2,1-4H3. The first-order valence-corrected chi connectivity index (χ1v) is 7.85. The molecule has 0 aliphatic carbocycles. The molecule has 0 aliphatic heterocycles. The summed E-state index contributed by atoms with van der Waals surface area (Å²) in [6.07, 6.45) is 2.17. The van der Waals surface area contributed by atoms with Crippen LogP contribution in [0.2, 0.25) is 0 Å². The number of rotatable bonds is 7. The molecule has 0 amide bonds. The molecule has 2 aromatic heterocycles. The van der Waals surface area contributed by atoms with Gasteiger partial charge < -0.3 is 14.6 Å². The molecule has 0 atom stereocenters. The Kier molecular flexibility index (Phi) is 5.20. The molecule has 2 aromatic rings. The summed E-state index contributed by atoms with van der Waals surface area (Å²) in [5.74, 6) is 1.93. The van der Waals surface area contributed by atoms with E-state index in [1.165, 1.54) is 10.6 Å². The Morgan fingerprint density at radius 1 is 1.40 bits per heavy atom. The molecule has 2 heterocycles. The van der Waals surface area contributed by atoms with E-state index in [1.807, 2.05) is 26.1 Å². The summed E-state index contributed by atoms with van der Waals surface area (Å²) < 4.78 is 5.63. The summed E-state index contributed by atoms with van der Waals surface area (Å²) in [6, 6.07) is 4.03. The second-order valence-corrected chi connectivity index (χ2v) is 6.08. The van der Waals surface area contributed by atoms with Crippen LogP contribution >= 0.6 is 11.3 Å². The van der Waals surface area contributed by atoms with Crippen LogP contribution in [0.4, 0.5) is 5.13 Å². The van der Waals surface area contributed by atoms with Crippen molar-refractivity contribution in [1.82, 2.24) is 10.3 Å². The van der Waals surface area contributed by atoms with Gasteiger partial charge in [0.25, 0.3) is 0 Å². The third-order valence-corrected chi connectivity index (χ3v) is 4.32. The summed E-state index contributed by atoms with van der Waals surface area (Å²) in [5.41, 5.74) is 1.23. The monoisotopic (exact) mass is 293 g/mol. The van der Waals surface area contributed by atoms with Crippen molar-refractivity contribution < 1.29 is 4.42 Å². The van der Waals surface area contributed by atoms with E-state index in [4.69, 9.17) is 9.40 Å². The fourth-order valence-electron chi connectivity index (χ4n) is 2.14. The molecule has 0 fully saturated rings. The highest BCUT2D eigenvalue weighted by atomic mass is 32.1. The fourth-order valence-corrected chi connectivity index (χ4v) is 3.21. The molecule has 0 aromatic carbocycles. The lowest BCUT2D eigenvalue weighted by Gasteiger charge is -2.13. The fraction of sp³-hybridized carbons (Fsp3) is 0.533. The SMILES string of the molecule is CCCc1nc(N(C)Cc2ccc(C)o2)sc1CNC. The quantitative estimate of drug-likeness (QED) is 0.850. The predicted octanol–water partition coefficient (Wildman–Crippen LogP) is 3.35. The van der Waals surface area contributed by atoms with Crippen LogP contribution in [0.3, 0.4) is 0 Å². The van der Waals surface area contributed by atoms with Gasteiger partial charge in [-0.2, -0.15) is 0 Å². The van der Waals surface area contributed by atoms with Gasteiger partial charge in [-0.25, -0.2) is 4.98 Å². The molecule has 0 aliphatic rings. The van der Waals surface area contributed by atoms with Gasteiger partial charge in [0.05, 0.1) is 12.2 Å². The highest BCUT2D eigenvalue weighted by Gasteiger charge is 2.14. The van der Waals surface area contributed by atoms with Gasteiger partial charge in [-0.1, -0.05) is 13.3 Å². The van der Waals surface area contributed by atoms with Crippen molar-refractivity contribution in [3.05, 3.63) is 34.2 Å². The third-order valence-electron chi connectivity index (χ3n) is 3.11. The van der Waals surface area contributed by atoms with Crippen molar-refractivity contribution in [1.29, 1.82) is 0 Å². The first-order chi connectivity index (χ1) is 9.63. The van der Waals surface area contributed by atoms with Gasteiger partial charge in [-0.05, 0) is 32.5 Å². The molecular formula is C15H23N3OS. The smallest absolute Gasteiger partial charge is 0.185 e. The minimum Gasteiger partial charge on any atom is -0.464 e. The zero-order valence-electron chi connectivity index (χ0n) is 12.7. The highest BCUT2D eigenvalue weighted by molar-refractivity contribution is 7.15. The van der Waals surface area contributed by atoms with E-state index in [0.717, 1.165) is 42.6 Å². The molecular weight excluding hydrogens is 270 g/mol. The van der Waals surface area contributed by atoms with Gasteiger partial charge in [0.2, 0.25) is 0 Å². The van der Waals surface area contributed by atoms with Crippen molar-refractivity contribution in [3.63, 3.8) is 0 Å². The van der Waals surface area contributed by atoms with Crippen LogP contribution in [0.1, 0.15) is 35.4 Å². The molecule has 2 rings (SSSR count). The Bertz CT molecular complexity index is 524. The predicted molar refractivity (Wildman–Crippen MR) is 84.4 cm³/mol. The van der Waals surface area contributed by atoms with Gasteiger partial charge >= 0.3 is 0 Å². The van der Waals surface area contributed by atoms with E-state index in [1.54, 1.807) is 11.3 Å². The molecule has 0 radical (unpaired) electrons. The summed E-state index contributed by atoms with van der Waals surface area (Å²) >= 11 is 1.77. The lowest BCUT2D eigenvalue weighted by molar-refractivity contribution is 0.481. The average Bonchev–Trinajstić information content (AvgIpc) is 2.98. The largest absolute Gasteiger partial charge is 0.464 e. The van der Waals surface area contributed by atoms with Crippen LogP contribution in [0.15, 0.2) is 16.5 Å². The summed E-state index contributed by atoms with van der Waals surface area (Å²) in [5, 5.41) is 4.28. The van der Waals surface area contributed by atoms with E-state index >= 15 is 0 Å². The lowest BCUT2D eigenvalue weighted by atomic mass is 10.2. The molecule has 0 unspecified atom stereocenters. The third kappa shape index (κ3) is 3.61. The number of furan rings is 1. The zero-order valence-corrected chi connectivity index (χ0v) is 13.5. The topological polar surface area (TPSA) is 41.3 Å². The normalized spacial score (nSPS) is 11.0. The first kappa shape index (κ1) is 15.1. The maximum Gasteiger partial charge on any atom is 0.185 e. The van der Waals surface area contributed by atoms with Crippen molar-refractivity contribution in [3.8, 4) is 0 Å². The Morgan fingerprint density at radius 3 is 2.80 bits per heavy atom. The molecule has 110 valence electrons. The van der Waals surface area contributed by atoms with Gasteiger partial charge in [-0.3, -0.25) is 0 Å². The van der Waals surface area contributed by atoms with Crippen LogP contribution in [0, 0.1) is 6.92 Å². The van der Waals surface area contributed by atoms with E-state index in [2.05, 4.69) is 24.2 Å². The number of nitrogens with zero attached hydrogens (tertiary/aromatic N) is 2. The van der Waals surface area contributed by atoms with Crippen molar-refractivity contribution in [2.75, 3.05) is 19.0 Å². The van der Waals surface area contributed by atoms with Crippen molar-refractivity contribution >= 4 is 16.5 Å². The van der Waals surface area contributed by atoms with Crippen molar-refractivity contribution in [2.24, 2.45) is 0 Å². The van der Waals surface area contributed by atoms with Crippen molar-refractivity contribution in [2.45, 2.75) is 39.8 Å². The zero-order chi connectivity index (χ0) is 14.5. The second kappa shape index (κ2) is 6.90. The van der Waals surface area contributed by atoms with E-state index in [9.17, 15) is 0 Å². The molecule has 0 saturated heterocycles. The number of thiazole rings is 1. The number of aromatic nitrogens is 1. The Balaban J connectivity index is 2.12. The Morgan fingerprint density at radius 2 is 2.20 bits per heavy atom. The van der Waals surface area contributed by atoms with Crippen LogP contribution in [0.5, 0.6) is 0 Å². The summed E-state index contributed by atoms with van der Waals surface area (Å²) in [6.45, 7) is 5.81. The van der Waals surface area contributed by atoms with E-state index in [0.29, 0.717) is 0 Å². The first-order valence-electron chi connectivity index (χ1n) is 7.03.